The molecule has 0 fully saturated rings. The van der Waals surface area contributed by atoms with Crippen LogP contribution in [-0.4, -0.2) is 5.91 Å². The highest BCUT2D eigenvalue weighted by Crippen LogP contribution is 2.30. The molecule has 0 radical (unpaired) electrons. The fourth-order valence-corrected chi connectivity index (χ4v) is 1.23. The number of halogens is 3. The maximum atomic E-state index is 13.1. The van der Waals surface area contributed by atoms with Crippen molar-refractivity contribution >= 4 is 33.2 Å². The number of rotatable bonds is 1. The molecule has 0 aliphatic carbocycles. The summed E-state index contributed by atoms with van der Waals surface area (Å²) in [4.78, 5) is 10.6. The third-order valence-electron chi connectivity index (χ3n) is 1.51. The van der Waals surface area contributed by atoms with Crippen LogP contribution >= 0.6 is 15.9 Å². The van der Waals surface area contributed by atoms with Crippen LogP contribution in [0.5, 0.6) is 0 Å². The molecule has 0 aliphatic rings. The summed E-state index contributed by atoms with van der Waals surface area (Å²) in [6.07, 6.45) is 0. The van der Waals surface area contributed by atoms with E-state index in [-0.39, 0.29) is 15.8 Å². The van der Waals surface area contributed by atoms with E-state index in [1.807, 2.05) is 0 Å². The zero-order chi connectivity index (χ0) is 10.9. The predicted molar refractivity (Wildman–Crippen MR) is 52.8 cm³/mol. The molecule has 1 rings (SSSR count). The molecule has 0 aromatic heterocycles. The molecule has 1 aromatic carbocycles. The lowest BCUT2D eigenvalue weighted by Gasteiger charge is -2.08. The van der Waals surface area contributed by atoms with E-state index in [1.165, 1.54) is 6.92 Å². The second kappa shape index (κ2) is 3.91. The maximum Gasteiger partial charge on any atom is 0.221 e. The van der Waals surface area contributed by atoms with Crippen molar-refractivity contribution in [1.82, 2.24) is 0 Å². The molecule has 0 heterocycles. The van der Waals surface area contributed by atoms with Crippen LogP contribution in [0.2, 0.25) is 0 Å². The Morgan fingerprint density at radius 1 is 1.57 bits per heavy atom. The van der Waals surface area contributed by atoms with Gasteiger partial charge in [0.1, 0.15) is 5.82 Å². The molecule has 1 aromatic rings. The van der Waals surface area contributed by atoms with Crippen molar-refractivity contribution in [3.05, 3.63) is 22.2 Å². The Kier molecular flexibility index (Phi) is 3.05. The van der Waals surface area contributed by atoms with Gasteiger partial charge < -0.3 is 11.1 Å². The number of benzene rings is 1. The number of nitrogens with two attached hydrogens (primary N) is 1. The minimum atomic E-state index is -0.922. The molecule has 1 amide bonds. The number of carbonyl (C=O) groups excluding carboxylic acids is 1. The number of anilines is 2. The van der Waals surface area contributed by atoms with Gasteiger partial charge in [-0.15, -0.1) is 0 Å². The van der Waals surface area contributed by atoms with Gasteiger partial charge in [-0.2, -0.15) is 0 Å². The van der Waals surface area contributed by atoms with E-state index in [1.54, 1.807) is 0 Å². The summed E-state index contributed by atoms with van der Waals surface area (Å²) in [5.74, 6) is -2.19. The number of amides is 1. The van der Waals surface area contributed by atoms with Crippen molar-refractivity contribution in [3.8, 4) is 0 Å². The van der Waals surface area contributed by atoms with Gasteiger partial charge in [0.25, 0.3) is 0 Å². The summed E-state index contributed by atoms with van der Waals surface area (Å²) in [6.45, 7) is 1.22. The lowest BCUT2D eigenvalue weighted by molar-refractivity contribution is -0.114. The first-order valence-electron chi connectivity index (χ1n) is 3.64. The Labute approximate surface area is 87.4 Å². The van der Waals surface area contributed by atoms with E-state index in [0.717, 1.165) is 6.07 Å². The molecule has 0 bridgehead atoms. The second-order valence-electron chi connectivity index (χ2n) is 2.63. The lowest BCUT2D eigenvalue weighted by Crippen LogP contribution is -2.10. The average Bonchev–Trinajstić information content (AvgIpc) is 2.10. The highest BCUT2D eigenvalue weighted by molar-refractivity contribution is 9.10. The summed E-state index contributed by atoms with van der Waals surface area (Å²) in [5.41, 5.74) is 4.94. The molecule has 14 heavy (non-hydrogen) atoms. The number of nitrogens with one attached hydrogen (secondary N) is 1. The molecule has 3 nitrogen and oxygen atoms in total. The van der Waals surface area contributed by atoms with Crippen LogP contribution in [0.1, 0.15) is 6.92 Å². The monoisotopic (exact) mass is 264 g/mol. The standard InChI is InChI=1S/C8H7BrF2N2O/c1-3(14)13-5-2-4(10)6(9)7(11)8(5)12/h2H,12H2,1H3,(H,13,14). The number of hydrogen-bond acceptors (Lipinski definition) is 2. The minimum Gasteiger partial charge on any atom is -0.395 e. The summed E-state index contributed by atoms with van der Waals surface area (Å²) in [5, 5.41) is 2.22. The molecule has 0 saturated carbocycles. The highest BCUT2D eigenvalue weighted by atomic mass is 79.9. The largest absolute Gasteiger partial charge is 0.395 e. The normalized spacial score (nSPS) is 10.0. The van der Waals surface area contributed by atoms with Gasteiger partial charge in [0, 0.05) is 13.0 Å². The van der Waals surface area contributed by atoms with Gasteiger partial charge in [-0.25, -0.2) is 8.78 Å². The van der Waals surface area contributed by atoms with E-state index in [9.17, 15) is 13.6 Å². The molecule has 0 spiro atoms. The molecular formula is C8H7BrF2N2O. The van der Waals surface area contributed by atoms with Crippen LogP contribution < -0.4 is 11.1 Å². The SMILES string of the molecule is CC(=O)Nc1cc(F)c(Br)c(F)c1N. The molecule has 3 N–H and O–H groups in total. The van der Waals surface area contributed by atoms with Crippen molar-refractivity contribution in [2.24, 2.45) is 0 Å². The van der Waals surface area contributed by atoms with E-state index in [4.69, 9.17) is 5.73 Å². The van der Waals surface area contributed by atoms with Gasteiger partial charge in [0.2, 0.25) is 5.91 Å². The van der Waals surface area contributed by atoms with Gasteiger partial charge in [0.15, 0.2) is 5.82 Å². The number of nitrogen functional groups attached to an aromatic ring is 1. The Morgan fingerprint density at radius 2 is 2.14 bits per heavy atom. The molecule has 0 aliphatic heterocycles. The Hall–Kier alpha value is -1.17. The first-order chi connectivity index (χ1) is 6.43. The fraction of sp³-hybridized carbons (Fsp3) is 0.125. The second-order valence-corrected chi connectivity index (χ2v) is 3.42. The molecular weight excluding hydrogens is 258 g/mol. The van der Waals surface area contributed by atoms with Crippen molar-refractivity contribution in [1.29, 1.82) is 0 Å². The van der Waals surface area contributed by atoms with Gasteiger partial charge in [-0.1, -0.05) is 0 Å². The van der Waals surface area contributed by atoms with Crippen LogP contribution in [0.3, 0.4) is 0 Å². The summed E-state index contributed by atoms with van der Waals surface area (Å²) in [6, 6.07) is 0.948. The topological polar surface area (TPSA) is 55.1 Å². The zero-order valence-corrected chi connectivity index (χ0v) is 8.78. The average molecular weight is 265 g/mol. The van der Waals surface area contributed by atoms with E-state index in [0.29, 0.717) is 0 Å². The van der Waals surface area contributed by atoms with Crippen LogP contribution in [0.4, 0.5) is 20.2 Å². The third kappa shape index (κ3) is 2.01. The van der Waals surface area contributed by atoms with Gasteiger partial charge in [0.05, 0.1) is 15.8 Å². The van der Waals surface area contributed by atoms with E-state index < -0.39 is 17.5 Å². The molecule has 6 heteroatoms. The number of hydrogen-bond donors (Lipinski definition) is 2. The Morgan fingerprint density at radius 3 is 2.64 bits per heavy atom. The lowest BCUT2D eigenvalue weighted by atomic mass is 10.2. The Balaban J connectivity index is 3.25. The zero-order valence-electron chi connectivity index (χ0n) is 7.20. The predicted octanol–water partition coefficient (Wildman–Crippen LogP) is 2.27. The number of carbonyl (C=O) groups is 1. The fourth-order valence-electron chi connectivity index (χ4n) is 0.902. The highest BCUT2D eigenvalue weighted by Gasteiger charge is 2.14. The van der Waals surface area contributed by atoms with E-state index >= 15 is 0 Å². The van der Waals surface area contributed by atoms with E-state index in [2.05, 4.69) is 21.2 Å². The van der Waals surface area contributed by atoms with Crippen molar-refractivity contribution in [2.75, 3.05) is 11.1 Å². The van der Waals surface area contributed by atoms with Crippen molar-refractivity contribution < 1.29 is 13.6 Å². The molecule has 0 atom stereocenters. The third-order valence-corrected chi connectivity index (χ3v) is 2.24. The molecule has 0 saturated heterocycles. The van der Waals surface area contributed by atoms with Gasteiger partial charge >= 0.3 is 0 Å². The first-order valence-corrected chi connectivity index (χ1v) is 4.43. The van der Waals surface area contributed by atoms with Crippen molar-refractivity contribution in [2.45, 2.75) is 6.92 Å². The maximum absolute atomic E-state index is 13.1. The minimum absolute atomic E-state index is 0.0734. The summed E-state index contributed by atoms with van der Waals surface area (Å²) >= 11 is 2.69. The van der Waals surface area contributed by atoms with Crippen LogP contribution in [0.15, 0.2) is 10.5 Å². The van der Waals surface area contributed by atoms with Crippen LogP contribution in [0.25, 0.3) is 0 Å². The quantitative estimate of drug-likeness (QED) is 0.604. The van der Waals surface area contributed by atoms with Crippen LogP contribution in [0, 0.1) is 11.6 Å². The summed E-state index contributed by atoms with van der Waals surface area (Å²) in [7, 11) is 0. The molecule has 0 unspecified atom stereocenters. The van der Waals surface area contributed by atoms with Gasteiger partial charge in [-0.05, 0) is 15.9 Å². The smallest absolute Gasteiger partial charge is 0.221 e. The van der Waals surface area contributed by atoms with Crippen molar-refractivity contribution in [3.63, 3.8) is 0 Å². The van der Waals surface area contributed by atoms with Crippen LogP contribution in [-0.2, 0) is 4.79 Å². The Bertz CT molecular complexity index is 395. The first kappa shape index (κ1) is 10.9. The van der Waals surface area contributed by atoms with Gasteiger partial charge in [-0.3, -0.25) is 4.79 Å². The summed E-state index contributed by atoms with van der Waals surface area (Å²) < 4.78 is 25.8. The molecule has 76 valence electrons.